The summed E-state index contributed by atoms with van der Waals surface area (Å²) >= 11 is 0. The van der Waals surface area contributed by atoms with Crippen LogP contribution < -0.4 is 5.73 Å². The van der Waals surface area contributed by atoms with Crippen LogP contribution in [0.2, 0.25) is 0 Å². The highest BCUT2D eigenvalue weighted by atomic mass is 16.5. The molecule has 37 heavy (non-hydrogen) atoms. The van der Waals surface area contributed by atoms with E-state index >= 15 is 0 Å². The minimum atomic E-state index is -0.958. The summed E-state index contributed by atoms with van der Waals surface area (Å²) in [5.74, 6) is 1.04. The zero-order valence-electron chi connectivity index (χ0n) is 21.5. The molecule has 1 unspecified atom stereocenters. The van der Waals surface area contributed by atoms with Crippen LogP contribution in [-0.2, 0) is 27.4 Å². The molecule has 1 atom stereocenters. The Bertz CT molecular complexity index is 1440. The summed E-state index contributed by atoms with van der Waals surface area (Å²) < 4.78 is 13.6. The number of aliphatic hydroxyl groups is 1. The molecule has 2 aromatic heterocycles. The molecule has 0 spiro atoms. The van der Waals surface area contributed by atoms with E-state index in [2.05, 4.69) is 17.1 Å². The van der Waals surface area contributed by atoms with E-state index in [-0.39, 0.29) is 6.10 Å². The van der Waals surface area contributed by atoms with Crippen LogP contribution in [0.4, 0.5) is 5.82 Å². The molecule has 1 aliphatic heterocycles. The third-order valence-corrected chi connectivity index (χ3v) is 6.60. The molecule has 0 saturated carbocycles. The van der Waals surface area contributed by atoms with Gasteiger partial charge in [-0.1, -0.05) is 30.3 Å². The highest BCUT2D eigenvalue weighted by molar-refractivity contribution is 6.07. The standard InChI is InChI=1S/C28H33N5O4/c1-4-36-15-24-31-25-26(33(24)16-28(2,3)35)21-9-8-19(13-22(21)30-27(25)29)18-6-5-7-20(12-18)23-14-32(17-34)10-11-37-23/h5-9,12-13,17,23,35H,4,10-11,14-16H2,1-3H3,(H2,29,30). The summed E-state index contributed by atoms with van der Waals surface area (Å²) in [6, 6.07) is 14.3. The van der Waals surface area contributed by atoms with E-state index in [0.29, 0.717) is 56.6 Å². The van der Waals surface area contributed by atoms with Crippen LogP contribution >= 0.6 is 0 Å². The van der Waals surface area contributed by atoms with Crippen LogP contribution in [-0.4, -0.2) is 62.9 Å². The maximum atomic E-state index is 11.3. The molecule has 3 N–H and O–H groups in total. The number of nitrogens with two attached hydrogens (primary N) is 1. The maximum Gasteiger partial charge on any atom is 0.209 e. The van der Waals surface area contributed by atoms with E-state index in [1.807, 2.05) is 41.8 Å². The second-order valence-corrected chi connectivity index (χ2v) is 10.1. The molecular weight excluding hydrogens is 470 g/mol. The molecule has 1 saturated heterocycles. The molecule has 9 nitrogen and oxygen atoms in total. The largest absolute Gasteiger partial charge is 0.389 e. The summed E-state index contributed by atoms with van der Waals surface area (Å²) in [4.78, 5) is 22.4. The highest BCUT2D eigenvalue weighted by Crippen LogP contribution is 2.34. The first-order valence-electron chi connectivity index (χ1n) is 12.6. The number of morpholine rings is 1. The number of benzene rings is 2. The van der Waals surface area contributed by atoms with Crippen LogP contribution in [0.25, 0.3) is 33.1 Å². The van der Waals surface area contributed by atoms with Crippen LogP contribution in [0.1, 0.15) is 38.3 Å². The monoisotopic (exact) mass is 503 g/mol. The maximum absolute atomic E-state index is 11.3. The molecule has 1 amide bonds. The van der Waals surface area contributed by atoms with Crippen molar-refractivity contribution in [3.05, 3.63) is 53.9 Å². The van der Waals surface area contributed by atoms with Crippen molar-refractivity contribution in [2.45, 2.75) is 45.6 Å². The number of carbonyl (C=O) groups is 1. The van der Waals surface area contributed by atoms with Gasteiger partial charge in [-0.25, -0.2) is 9.97 Å². The number of nitrogen functional groups attached to an aromatic ring is 1. The lowest BCUT2D eigenvalue weighted by molar-refractivity contribution is -0.125. The minimum absolute atomic E-state index is 0.160. The van der Waals surface area contributed by atoms with E-state index in [9.17, 15) is 9.90 Å². The van der Waals surface area contributed by atoms with Gasteiger partial charge in [-0.15, -0.1) is 0 Å². The van der Waals surface area contributed by atoms with Gasteiger partial charge in [0.1, 0.15) is 24.1 Å². The van der Waals surface area contributed by atoms with Gasteiger partial charge in [-0.3, -0.25) is 4.79 Å². The lowest BCUT2D eigenvalue weighted by Crippen LogP contribution is -2.37. The number of carbonyl (C=O) groups excluding carboxylic acids is 1. The van der Waals surface area contributed by atoms with Crippen LogP contribution in [0, 0.1) is 0 Å². The van der Waals surface area contributed by atoms with Crippen molar-refractivity contribution in [1.82, 2.24) is 19.4 Å². The molecule has 194 valence electrons. The first-order chi connectivity index (χ1) is 17.8. The highest BCUT2D eigenvalue weighted by Gasteiger charge is 2.24. The van der Waals surface area contributed by atoms with Gasteiger partial charge >= 0.3 is 0 Å². The number of anilines is 1. The molecule has 1 aliphatic rings. The van der Waals surface area contributed by atoms with E-state index in [1.165, 1.54) is 0 Å². The Balaban J connectivity index is 1.59. The van der Waals surface area contributed by atoms with Gasteiger partial charge < -0.3 is 29.8 Å². The number of pyridine rings is 1. The molecule has 5 rings (SSSR count). The summed E-state index contributed by atoms with van der Waals surface area (Å²) in [6.45, 7) is 8.36. The van der Waals surface area contributed by atoms with Crippen molar-refractivity contribution in [2.24, 2.45) is 0 Å². The summed E-state index contributed by atoms with van der Waals surface area (Å²) in [6.07, 6.45) is 0.717. The van der Waals surface area contributed by atoms with Gasteiger partial charge in [0.25, 0.3) is 0 Å². The number of aromatic nitrogens is 3. The Morgan fingerprint density at radius 3 is 2.78 bits per heavy atom. The third-order valence-electron chi connectivity index (χ3n) is 6.60. The number of imidazole rings is 1. The predicted octanol–water partition coefficient (Wildman–Crippen LogP) is 3.67. The second kappa shape index (κ2) is 10.1. The number of hydrogen-bond donors (Lipinski definition) is 2. The van der Waals surface area contributed by atoms with Crippen molar-refractivity contribution < 1.29 is 19.4 Å². The number of amides is 1. The Morgan fingerprint density at radius 2 is 2.03 bits per heavy atom. The van der Waals surface area contributed by atoms with Crippen molar-refractivity contribution >= 4 is 34.2 Å². The van der Waals surface area contributed by atoms with Gasteiger partial charge in [0.15, 0.2) is 5.82 Å². The van der Waals surface area contributed by atoms with Crippen LogP contribution in [0.15, 0.2) is 42.5 Å². The lowest BCUT2D eigenvalue weighted by atomic mass is 9.98. The molecule has 9 heteroatoms. The predicted molar refractivity (Wildman–Crippen MR) is 143 cm³/mol. The average Bonchev–Trinajstić information content (AvgIpc) is 3.24. The summed E-state index contributed by atoms with van der Waals surface area (Å²) in [5.41, 5.74) is 10.7. The second-order valence-electron chi connectivity index (χ2n) is 10.1. The molecular formula is C28H33N5O4. The van der Waals surface area contributed by atoms with Gasteiger partial charge in [0.2, 0.25) is 6.41 Å². The van der Waals surface area contributed by atoms with E-state index in [4.69, 9.17) is 20.2 Å². The number of hydrogen-bond acceptors (Lipinski definition) is 7. The zero-order valence-corrected chi connectivity index (χ0v) is 21.5. The van der Waals surface area contributed by atoms with Gasteiger partial charge in [0, 0.05) is 18.5 Å². The lowest BCUT2D eigenvalue weighted by Gasteiger charge is -2.30. The van der Waals surface area contributed by atoms with Crippen molar-refractivity contribution in [3.8, 4) is 11.1 Å². The van der Waals surface area contributed by atoms with Gasteiger partial charge in [-0.05, 0) is 49.6 Å². The molecule has 0 aliphatic carbocycles. The third kappa shape index (κ3) is 5.16. The topological polar surface area (TPSA) is 116 Å². The number of fused-ring (bicyclic) bond motifs is 3. The molecule has 0 radical (unpaired) electrons. The van der Waals surface area contributed by atoms with Crippen molar-refractivity contribution in [1.29, 1.82) is 0 Å². The molecule has 2 aromatic carbocycles. The van der Waals surface area contributed by atoms with Gasteiger partial charge in [0.05, 0.1) is 36.3 Å². The molecule has 1 fully saturated rings. The number of ether oxygens (including phenoxy) is 2. The average molecular weight is 504 g/mol. The first-order valence-corrected chi connectivity index (χ1v) is 12.6. The Morgan fingerprint density at radius 1 is 1.22 bits per heavy atom. The first kappa shape index (κ1) is 25.1. The smallest absolute Gasteiger partial charge is 0.209 e. The van der Waals surface area contributed by atoms with E-state index < -0.39 is 5.60 Å². The molecule has 4 aromatic rings. The van der Waals surface area contributed by atoms with Crippen molar-refractivity contribution in [2.75, 3.05) is 32.0 Å². The Labute approximate surface area is 215 Å². The van der Waals surface area contributed by atoms with E-state index in [1.54, 1.807) is 18.7 Å². The van der Waals surface area contributed by atoms with Crippen LogP contribution in [0.3, 0.4) is 0 Å². The fraction of sp³-hybridized carbons (Fsp3) is 0.393. The number of rotatable bonds is 8. The van der Waals surface area contributed by atoms with Crippen molar-refractivity contribution in [3.63, 3.8) is 0 Å². The SMILES string of the molecule is CCOCc1nc2c(N)nc3cc(-c4cccc(C5CN(C=O)CCO5)c4)ccc3c2n1CC(C)(C)O. The molecule has 3 heterocycles. The molecule has 0 bridgehead atoms. The minimum Gasteiger partial charge on any atom is -0.389 e. The Hall–Kier alpha value is -3.53. The Kier molecular flexibility index (Phi) is 6.85. The normalized spacial score (nSPS) is 16.5. The van der Waals surface area contributed by atoms with Crippen LogP contribution in [0.5, 0.6) is 0 Å². The van der Waals surface area contributed by atoms with Gasteiger partial charge in [-0.2, -0.15) is 0 Å². The fourth-order valence-corrected chi connectivity index (χ4v) is 4.88. The summed E-state index contributed by atoms with van der Waals surface area (Å²) in [5, 5.41) is 11.5. The fourth-order valence-electron chi connectivity index (χ4n) is 4.88. The summed E-state index contributed by atoms with van der Waals surface area (Å²) in [7, 11) is 0. The quantitative estimate of drug-likeness (QED) is 0.353. The number of nitrogens with zero attached hydrogens (tertiary/aromatic N) is 4. The zero-order chi connectivity index (χ0) is 26.2. The van der Waals surface area contributed by atoms with E-state index in [0.717, 1.165) is 39.5 Å².